The monoisotopic (exact) mass is 249 g/mol. The van der Waals surface area contributed by atoms with Crippen molar-refractivity contribution in [2.75, 3.05) is 13.1 Å². The highest BCUT2D eigenvalue weighted by Gasteiger charge is 2.18. The van der Waals surface area contributed by atoms with E-state index in [0.717, 1.165) is 25.9 Å². The highest BCUT2D eigenvalue weighted by molar-refractivity contribution is 6.58. The van der Waals surface area contributed by atoms with Crippen molar-refractivity contribution in [3.63, 3.8) is 0 Å². The predicted octanol–water partition coefficient (Wildman–Crippen LogP) is 0.629. The maximum atomic E-state index is 12.1. The van der Waals surface area contributed by atoms with E-state index in [-0.39, 0.29) is 13.3 Å². The Morgan fingerprint density at radius 1 is 1.06 bits per heavy atom. The van der Waals surface area contributed by atoms with Crippen LogP contribution < -0.4 is 5.46 Å². The van der Waals surface area contributed by atoms with Crippen LogP contribution in [0.4, 0.5) is 0 Å². The van der Waals surface area contributed by atoms with Gasteiger partial charge < -0.3 is 14.9 Å². The van der Waals surface area contributed by atoms with E-state index in [9.17, 15) is 4.79 Å². The molecule has 2 N–H and O–H groups in total. The van der Waals surface area contributed by atoms with Crippen LogP contribution in [0.25, 0.3) is 0 Å². The molecule has 1 aliphatic heterocycles. The van der Waals surface area contributed by atoms with Crippen LogP contribution in [0.1, 0.15) is 37.0 Å². The zero-order valence-corrected chi connectivity index (χ0v) is 9.67. The van der Waals surface area contributed by atoms with Gasteiger partial charge in [0.05, 0.1) is 0 Å². The van der Waals surface area contributed by atoms with Crippen molar-refractivity contribution in [3.8, 4) is 0 Å². The third-order valence-electron chi connectivity index (χ3n) is 3.10. The molecule has 18 heavy (non-hydrogen) atoms. The molecular weight excluding hydrogens is 229 g/mol. The van der Waals surface area contributed by atoms with Gasteiger partial charge in [-0.25, -0.2) is 0 Å². The Morgan fingerprint density at radius 3 is 2.11 bits per heavy atom. The molecule has 1 amide bonds. The van der Waals surface area contributed by atoms with Crippen LogP contribution in [0.2, 0.25) is 0 Å². The maximum absolute atomic E-state index is 12.1. The van der Waals surface area contributed by atoms with E-state index in [2.05, 4.69) is 0 Å². The molecule has 1 aliphatic rings. The van der Waals surface area contributed by atoms with Crippen molar-refractivity contribution in [1.29, 1.82) is 0 Å². The van der Waals surface area contributed by atoms with Gasteiger partial charge in [0.25, 0.3) is 5.91 Å². The van der Waals surface area contributed by atoms with Gasteiger partial charge in [0.15, 0.2) is 0 Å². The summed E-state index contributed by atoms with van der Waals surface area (Å²) in [7, 11) is -1.48. The number of benzene rings is 1. The lowest BCUT2D eigenvalue weighted by Crippen LogP contribution is -2.36. The highest BCUT2D eigenvalue weighted by atomic mass is 16.4. The second kappa shape index (κ2) is 6.57. The topological polar surface area (TPSA) is 60.8 Å². The Morgan fingerprint density at radius 2 is 1.61 bits per heavy atom. The number of rotatable bonds is 2. The number of carbonyl (C=O) groups is 1. The van der Waals surface area contributed by atoms with Crippen molar-refractivity contribution >= 4 is 18.5 Å². The lowest BCUT2D eigenvalue weighted by molar-refractivity contribution is 0.0724. The fourth-order valence-electron chi connectivity index (χ4n) is 2.08. The van der Waals surface area contributed by atoms with Crippen LogP contribution in [0.5, 0.6) is 0 Å². The normalized spacial score (nSPS) is 14.9. The van der Waals surface area contributed by atoms with Crippen molar-refractivity contribution in [2.24, 2.45) is 0 Å². The van der Waals surface area contributed by atoms with E-state index in [1.54, 1.807) is 24.3 Å². The fraction of sp³-hybridized carbons (Fsp3) is 0.462. The molecule has 0 radical (unpaired) electrons. The van der Waals surface area contributed by atoms with Gasteiger partial charge in [-0.05, 0) is 36.9 Å². The third-order valence-corrected chi connectivity index (χ3v) is 3.10. The molecule has 0 saturated carbocycles. The predicted molar refractivity (Wildman–Crippen MR) is 72.8 cm³/mol. The van der Waals surface area contributed by atoms with Crippen LogP contribution in [0.3, 0.4) is 0 Å². The summed E-state index contributed by atoms with van der Waals surface area (Å²) >= 11 is 0. The molecule has 4 nitrogen and oxygen atoms in total. The van der Waals surface area contributed by atoms with Gasteiger partial charge in [-0.3, -0.25) is 4.79 Å². The first kappa shape index (κ1) is 14.7. The molecule has 2 rings (SSSR count). The molecular formula is C13H20BNO3. The van der Waals surface area contributed by atoms with Gasteiger partial charge >= 0.3 is 7.12 Å². The van der Waals surface area contributed by atoms with Gasteiger partial charge in [0.2, 0.25) is 0 Å². The second-order valence-electron chi connectivity index (χ2n) is 4.35. The lowest BCUT2D eigenvalue weighted by Gasteiger charge is -2.26. The van der Waals surface area contributed by atoms with Crippen LogP contribution in [-0.4, -0.2) is 41.1 Å². The van der Waals surface area contributed by atoms with Crippen LogP contribution in [0, 0.1) is 0 Å². The maximum Gasteiger partial charge on any atom is 0.488 e. The number of carbonyl (C=O) groups excluding carboxylic acids is 1. The summed E-state index contributed by atoms with van der Waals surface area (Å²) in [4.78, 5) is 13.9. The summed E-state index contributed by atoms with van der Waals surface area (Å²) in [6.07, 6.45) is 3.33. The molecule has 0 bridgehead atoms. The molecule has 0 aliphatic carbocycles. The summed E-state index contributed by atoms with van der Waals surface area (Å²) in [5.74, 6) is 0.0312. The Kier molecular flexibility index (Phi) is 5.37. The number of piperidine rings is 1. The van der Waals surface area contributed by atoms with Gasteiger partial charge in [0.1, 0.15) is 0 Å². The van der Waals surface area contributed by atoms with Crippen molar-refractivity contribution in [2.45, 2.75) is 26.7 Å². The molecule has 0 spiro atoms. The number of hydrogen-bond acceptors (Lipinski definition) is 3. The van der Waals surface area contributed by atoms with E-state index in [1.807, 2.05) is 4.90 Å². The lowest BCUT2D eigenvalue weighted by atomic mass is 9.80. The Hall–Kier alpha value is -1.33. The second-order valence-corrected chi connectivity index (χ2v) is 4.35. The molecule has 5 heteroatoms. The summed E-state index contributed by atoms with van der Waals surface area (Å²) in [5, 5.41) is 17.9. The summed E-state index contributed by atoms with van der Waals surface area (Å²) in [5.41, 5.74) is 1.01. The smallest absolute Gasteiger partial charge is 0.423 e. The number of nitrogens with zero attached hydrogens (tertiary/aromatic N) is 1. The largest absolute Gasteiger partial charge is 0.488 e. The average molecular weight is 249 g/mol. The first-order valence-corrected chi connectivity index (χ1v) is 5.94. The molecule has 0 aromatic heterocycles. The van der Waals surface area contributed by atoms with E-state index < -0.39 is 7.12 Å². The average Bonchev–Trinajstić information content (AvgIpc) is 2.39. The zero-order chi connectivity index (χ0) is 12.3. The molecule has 1 fully saturated rings. The summed E-state index contributed by atoms with van der Waals surface area (Å²) in [6.45, 7) is 1.65. The van der Waals surface area contributed by atoms with Gasteiger partial charge in [-0.1, -0.05) is 19.6 Å². The zero-order valence-electron chi connectivity index (χ0n) is 9.67. The van der Waals surface area contributed by atoms with Crippen molar-refractivity contribution in [1.82, 2.24) is 4.90 Å². The molecule has 0 atom stereocenters. The quantitative estimate of drug-likeness (QED) is 0.756. The number of amides is 1. The van der Waals surface area contributed by atoms with E-state index in [1.165, 1.54) is 6.42 Å². The minimum absolute atomic E-state index is 0. The minimum atomic E-state index is -1.48. The molecule has 1 aromatic carbocycles. The fourth-order valence-corrected chi connectivity index (χ4v) is 2.08. The first-order chi connectivity index (χ1) is 8.18. The standard InChI is InChI=1S/C12H16BNO3.CH4/c15-12(14-8-2-1-3-9-14)10-4-6-11(7-5-10)13(16)17;/h4-7,16-17H,1-3,8-9H2;1H4. The molecule has 98 valence electrons. The molecule has 1 aromatic rings. The Bertz CT molecular complexity index is 386. The first-order valence-electron chi connectivity index (χ1n) is 5.94. The number of likely N-dealkylation sites (tertiary alicyclic amines) is 1. The molecule has 0 unspecified atom stereocenters. The minimum Gasteiger partial charge on any atom is -0.423 e. The number of hydrogen-bond donors (Lipinski definition) is 2. The van der Waals surface area contributed by atoms with Crippen molar-refractivity contribution in [3.05, 3.63) is 29.8 Å². The third kappa shape index (κ3) is 3.34. The van der Waals surface area contributed by atoms with E-state index in [0.29, 0.717) is 11.0 Å². The Labute approximate surface area is 108 Å². The highest BCUT2D eigenvalue weighted by Crippen LogP contribution is 2.12. The molecule has 1 saturated heterocycles. The van der Waals surface area contributed by atoms with Gasteiger partial charge in [0, 0.05) is 18.7 Å². The van der Waals surface area contributed by atoms with E-state index >= 15 is 0 Å². The van der Waals surface area contributed by atoms with Gasteiger partial charge in [-0.2, -0.15) is 0 Å². The van der Waals surface area contributed by atoms with Crippen LogP contribution >= 0.6 is 0 Å². The van der Waals surface area contributed by atoms with Crippen LogP contribution in [-0.2, 0) is 0 Å². The SMILES string of the molecule is C.O=C(c1ccc(B(O)O)cc1)N1CCCCC1. The Balaban J connectivity index is 0.00000162. The van der Waals surface area contributed by atoms with Gasteiger partial charge in [-0.15, -0.1) is 0 Å². The summed E-state index contributed by atoms with van der Waals surface area (Å²) < 4.78 is 0. The summed E-state index contributed by atoms with van der Waals surface area (Å²) in [6, 6.07) is 6.43. The van der Waals surface area contributed by atoms with E-state index in [4.69, 9.17) is 10.0 Å². The van der Waals surface area contributed by atoms with Crippen molar-refractivity contribution < 1.29 is 14.8 Å². The van der Waals surface area contributed by atoms with Crippen LogP contribution in [0.15, 0.2) is 24.3 Å². The molecule has 1 heterocycles.